The number of benzene rings is 1. The fourth-order valence-electron chi connectivity index (χ4n) is 2.26. The fraction of sp³-hybridized carbons (Fsp3) is 0.500. The molecule has 0 radical (unpaired) electrons. The van der Waals surface area contributed by atoms with Gasteiger partial charge >= 0.3 is 0 Å². The van der Waals surface area contributed by atoms with E-state index in [1.807, 2.05) is 16.7 Å². The number of nitrogen functional groups attached to an aromatic ring is 1. The molecule has 0 bridgehead atoms. The summed E-state index contributed by atoms with van der Waals surface area (Å²) in [5, 5.41) is 0.456. The van der Waals surface area contributed by atoms with Crippen molar-refractivity contribution in [2.45, 2.75) is 25.1 Å². The second kappa shape index (κ2) is 5.74. The summed E-state index contributed by atoms with van der Waals surface area (Å²) >= 11 is 1.91. The molecule has 1 heterocycles. The molecular formula is C14H20N2O2S. The minimum Gasteiger partial charge on any atom is -0.496 e. The Balaban J connectivity index is 2.28. The van der Waals surface area contributed by atoms with Gasteiger partial charge < -0.3 is 15.4 Å². The van der Waals surface area contributed by atoms with Crippen molar-refractivity contribution in [1.82, 2.24) is 4.90 Å². The van der Waals surface area contributed by atoms with E-state index in [1.54, 1.807) is 25.3 Å². The fourth-order valence-corrected chi connectivity index (χ4v) is 3.36. The standard InChI is InChI=1S/C14H20N2O2S/c1-9-10(2)19-7-6-16(9)14(17)12-5-4-11(15)8-13(12)18-3/h4-5,8-10H,6-7,15H2,1-3H3. The average Bonchev–Trinajstić information content (AvgIpc) is 2.41. The third-order valence-corrected chi connectivity index (χ3v) is 4.94. The number of carbonyl (C=O) groups excluding carboxylic acids is 1. The maximum atomic E-state index is 12.6. The Bertz CT molecular complexity index is 479. The highest BCUT2D eigenvalue weighted by Gasteiger charge is 2.30. The van der Waals surface area contributed by atoms with Gasteiger partial charge in [0.05, 0.1) is 12.7 Å². The minimum atomic E-state index is 0.0245. The van der Waals surface area contributed by atoms with Crippen LogP contribution >= 0.6 is 11.8 Å². The van der Waals surface area contributed by atoms with Gasteiger partial charge in [-0.05, 0) is 19.1 Å². The Morgan fingerprint density at radius 3 is 2.89 bits per heavy atom. The van der Waals surface area contributed by atoms with Crippen molar-refractivity contribution in [3.05, 3.63) is 23.8 Å². The zero-order valence-electron chi connectivity index (χ0n) is 11.6. The molecule has 0 spiro atoms. The SMILES string of the molecule is COc1cc(N)ccc1C(=O)N1CCSC(C)C1C. The molecule has 5 heteroatoms. The average molecular weight is 280 g/mol. The Labute approximate surface area is 118 Å². The summed E-state index contributed by atoms with van der Waals surface area (Å²) in [6.07, 6.45) is 0. The molecule has 2 rings (SSSR count). The minimum absolute atomic E-state index is 0.0245. The molecular weight excluding hydrogens is 260 g/mol. The van der Waals surface area contributed by atoms with Crippen molar-refractivity contribution in [1.29, 1.82) is 0 Å². The van der Waals surface area contributed by atoms with E-state index in [0.29, 0.717) is 22.3 Å². The summed E-state index contributed by atoms with van der Waals surface area (Å²) in [7, 11) is 1.56. The van der Waals surface area contributed by atoms with Crippen LogP contribution in [0.4, 0.5) is 5.69 Å². The number of hydrogen-bond acceptors (Lipinski definition) is 4. The Morgan fingerprint density at radius 2 is 2.21 bits per heavy atom. The van der Waals surface area contributed by atoms with E-state index >= 15 is 0 Å². The molecule has 2 unspecified atom stereocenters. The number of ether oxygens (including phenoxy) is 1. The third-order valence-electron chi connectivity index (χ3n) is 3.60. The first kappa shape index (κ1) is 14.1. The number of thioether (sulfide) groups is 1. The first-order chi connectivity index (χ1) is 9.04. The Morgan fingerprint density at radius 1 is 1.47 bits per heavy atom. The Hall–Kier alpha value is -1.36. The first-order valence-electron chi connectivity index (χ1n) is 6.40. The van der Waals surface area contributed by atoms with Crippen LogP contribution in [-0.2, 0) is 0 Å². The molecule has 0 aliphatic carbocycles. The van der Waals surface area contributed by atoms with Crippen molar-refractivity contribution in [3.63, 3.8) is 0 Å². The lowest BCUT2D eigenvalue weighted by atomic mass is 10.1. The lowest BCUT2D eigenvalue weighted by molar-refractivity contribution is 0.0695. The number of methoxy groups -OCH3 is 1. The molecule has 1 aromatic carbocycles. The lowest BCUT2D eigenvalue weighted by Crippen LogP contribution is -2.48. The number of amides is 1. The van der Waals surface area contributed by atoms with Crippen molar-refractivity contribution in [2.24, 2.45) is 0 Å². The van der Waals surface area contributed by atoms with Crippen LogP contribution in [0.3, 0.4) is 0 Å². The van der Waals surface area contributed by atoms with Gasteiger partial charge in [0.25, 0.3) is 5.91 Å². The van der Waals surface area contributed by atoms with Crippen LogP contribution in [-0.4, -0.2) is 41.5 Å². The summed E-state index contributed by atoms with van der Waals surface area (Å²) < 4.78 is 5.27. The molecule has 1 aromatic rings. The molecule has 1 aliphatic heterocycles. The highest BCUT2D eigenvalue weighted by atomic mass is 32.2. The van der Waals surface area contributed by atoms with Crippen LogP contribution in [0.25, 0.3) is 0 Å². The number of nitrogens with zero attached hydrogens (tertiary/aromatic N) is 1. The van der Waals surface area contributed by atoms with Crippen molar-refractivity contribution in [3.8, 4) is 5.75 Å². The van der Waals surface area contributed by atoms with Gasteiger partial charge in [0.2, 0.25) is 0 Å². The van der Waals surface area contributed by atoms with Crippen molar-refractivity contribution >= 4 is 23.4 Å². The first-order valence-corrected chi connectivity index (χ1v) is 7.45. The normalized spacial score (nSPS) is 23.2. The maximum Gasteiger partial charge on any atom is 0.257 e. The molecule has 2 N–H and O–H groups in total. The van der Waals surface area contributed by atoms with Gasteiger partial charge in [0.15, 0.2) is 0 Å². The van der Waals surface area contributed by atoms with E-state index in [0.717, 1.165) is 12.3 Å². The van der Waals surface area contributed by atoms with E-state index in [2.05, 4.69) is 13.8 Å². The zero-order valence-corrected chi connectivity index (χ0v) is 12.4. The van der Waals surface area contributed by atoms with Gasteiger partial charge in [-0.1, -0.05) is 6.92 Å². The molecule has 104 valence electrons. The van der Waals surface area contributed by atoms with Gasteiger partial charge in [-0.2, -0.15) is 11.8 Å². The third kappa shape index (κ3) is 2.81. The van der Waals surface area contributed by atoms with Gasteiger partial charge in [-0.25, -0.2) is 0 Å². The van der Waals surface area contributed by atoms with Crippen LogP contribution in [0.5, 0.6) is 5.75 Å². The van der Waals surface area contributed by atoms with Crippen molar-refractivity contribution in [2.75, 3.05) is 25.1 Å². The Kier molecular flexibility index (Phi) is 4.24. The maximum absolute atomic E-state index is 12.6. The number of hydrogen-bond donors (Lipinski definition) is 1. The number of nitrogens with two attached hydrogens (primary N) is 1. The molecule has 0 aromatic heterocycles. The summed E-state index contributed by atoms with van der Waals surface area (Å²) in [6, 6.07) is 5.41. The van der Waals surface area contributed by atoms with Crippen LogP contribution < -0.4 is 10.5 Å². The second-order valence-corrected chi connectivity index (χ2v) is 6.26. The molecule has 1 amide bonds. The number of rotatable bonds is 2. The lowest BCUT2D eigenvalue weighted by Gasteiger charge is -2.37. The molecule has 2 atom stereocenters. The van der Waals surface area contributed by atoms with Crippen molar-refractivity contribution < 1.29 is 9.53 Å². The smallest absolute Gasteiger partial charge is 0.257 e. The second-order valence-electron chi connectivity index (χ2n) is 4.77. The van der Waals surface area contributed by atoms with E-state index in [-0.39, 0.29) is 11.9 Å². The predicted molar refractivity (Wildman–Crippen MR) is 79.8 cm³/mol. The highest BCUT2D eigenvalue weighted by Crippen LogP contribution is 2.29. The molecule has 1 aliphatic rings. The van der Waals surface area contributed by atoms with E-state index in [1.165, 1.54) is 0 Å². The topological polar surface area (TPSA) is 55.6 Å². The van der Waals surface area contributed by atoms with Crippen LogP contribution in [0.1, 0.15) is 24.2 Å². The summed E-state index contributed by atoms with van der Waals surface area (Å²) in [5.74, 6) is 1.55. The largest absolute Gasteiger partial charge is 0.496 e. The van der Waals surface area contributed by atoms with Gasteiger partial charge in [0.1, 0.15) is 5.75 Å². The summed E-state index contributed by atoms with van der Waals surface area (Å²) in [4.78, 5) is 14.6. The molecule has 19 heavy (non-hydrogen) atoms. The highest BCUT2D eigenvalue weighted by molar-refractivity contribution is 8.00. The van der Waals surface area contributed by atoms with Crippen LogP contribution in [0, 0.1) is 0 Å². The van der Waals surface area contributed by atoms with E-state index < -0.39 is 0 Å². The number of anilines is 1. The predicted octanol–water partition coefficient (Wildman–Crippen LogP) is 2.24. The summed E-state index contributed by atoms with van der Waals surface area (Å²) in [6.45, 7) is 5.04. The monoisotopic (exact) mass is 280 g/mol. The van der Waals surface area contributed by atoms with Crippen LogP contribution in [0.15, 0.2) is 18.2 Å². The zero-order chi connectivity index (χ0) is 14.0. The molecule has 1 saturated heterocycles. The van der Waals surface area contributed by atoms with Gasteiger partial charge in [-0.15, -0.1) is 0 Å². The molecule has 1 fully saturated rings. The van der Waals surface area contributed by atoms with Gasteiger partial charge in [0, 0.05) is 35.3 Å². The quantitative estimate of drug-likeness (QED) is 0.844. The molecule has 4 nitrogen and oxygen atoms in total. The van der Waals surface area contributed by atoms with Gasteiger partial charge in [-0.3, -0.25) is 4.79 Å². The number of carbonyl (C=O) groups is 1. The van der Waals surface area contributed by atoms with Crippen LogP contribution in [0.2, 0.25) is 0 Å². The van der Waals surface area contributed by atoms with E-state index in [4.69, 9.17) is 10.5 Å². The molecule has 0 saturated carbocycles. The summed E-state index contributed by atoms with van der Waals surface area (Å²) in [5.41, 5.74) is 6.91. The van der Waals surface area contributed by atoms with E-state index in [9.17, 15) is 4.79 Å².